The van der Waals surface area contributed by atoms with E-state index < -0.39 is 0 Å². The molecule has 1 heterocycles. The molecular weight excluding hydrogens is 358 g/mol. The maximum atomic E-state index is 12.5. The van der Waals surface area contributed by atoms with E-state index in [1.54, 1.807) is 60.4 Å². The van der Waals surface area contributed by atoms with Crippen LogP contribution in [-0.2, 0) is 9.53 Å². The van der Waals surface area contributed by atoms with Gasteiger partial charge in [0.25, 0.3) is 5.91 Å². The molecular formula is C21H21N3O4. The normalized spacial score (nSPS) is 14.5. The Morgan fingerprint density at radius 1 is 1.00 bits per heavy atom. The Morgan fingerprint density at radius 2 is 1.64 bits per heavy atom. The predicted molar refractivity (Wildman–Crippen MR) is 106 cm³/mol. The Bertz CT molecular complexity index is 872. The average molecular weight is 379 g/mol. The van der Waals surface area contributed by atoms with Crippen LogP contribution in [0.5, 0.6) is 0 Å². The predicted octanol–water partition coefficient (Wildman–Crippen LogP) is 2.38. The summed E-state index contributed by atoms with van der Waals surface area (Å²) < 4.78 is 5.26. The van der Waals surface area contributed by atoms with E-state index in [0.717, 1.165) is 5.01 Å². The second-order valence-electron chi connectivity index (χ2n) is 6.28. The fraction of sp³-hybridized carbons (Fsp3) is 0.238. The maximum Gasteiger partial charge on any atom is 0.254 e. The van der Waals surface area contributed by atoms with Gasteiger partial charge in [-0.15, -0.1) is 0 Å². The molecule has 0 aromatic heterocycles. The van der Waals surface area contributed by atoms with E-state index in [1.165, 1.54) is 0 Å². The molecule has 0 N–H and O–H groups in total. The van der Waals surface area contributed by atoms with Crippen molar-refractivity contribution in [3.8, 4) is 0 Å². The van der Waals surface area contributed by atoms with E-state index in [4.69, 9.17) is 4.74 Å². The molecule has 0 radical (unpaired) electrons. The van der Waals surface area contributed by atoms with Gasteiger partial charge in [0.1, 0.15) is 5.71 Å². The van der Waals surface area contributed by atoms with Crippen molar-refractivity contribution >= 4 is 29.5 Å². The lowest BCUT2D eigenvalue weighted by molar-refractivity contribution is -0.107. The maximum absolute atomic E-state index is 12.5. The lowest BCUT2D eigenvalue weighted by atomic mass is 10.1. The van der Waals surface area contributed by atoms with E-state index in [9.17, 15) is 14.4 Å². The molecule has 1 aliphatic rings. The molecule has 1 fully saturated rings. The van der Waals surface area contributed by atoms with Gasteiger partial charge in [-0.1, -0.05) is 30.3 Å². The zero-order valence-electron chi connectivity index (χ0n) is 15.6. The van der Waals surface area contributed by atoms with Gasteiger partial charge in [-0.25, -0.2) is 5.01 Å². The van der Waals surface area contributed by atoms with Gasteiger partial charge in [-0.3, -0.25) is 14.4 Å². The van der Waals surface area contributed by atoms with Crippen molar-refractivity contribution in [2.45, 2.75) is 6.92 Å². The molecule has 7 heteroatoms. The van der Waals surface area contributed by atoms with E-state index in [0.29, 0.717) is 49.5 Å². The van der Waals surface area contributed by atoms with Gasteiger partial charge in [0.05, 0.1) is 18.9 Å². The molecule has 1 saturated heterocycles. The highest BCUT2D eigenvalue weighted by atomic mass is 16.5. The number of carbonyl (C=O) groups is 3. The summed E-state index contributed by atoms with van der Waals surface area (Å²) in [5.41, 5.74) is 1.68. The standard InChI is InChI=1S/C21H21N3O4/c1-16(20(26)17-5-3-2-4-6-17)22-24(15-25)19-9-7-18(8-10-19)21(27)23-11-13-28-14-12-23/h2-10,15H,11-14H2,1H3/b22-16-. The number of nitrogens with zero attached hydrogens (tertiary/aromatic N) is 3. The summed E-state index contributed by atoms with van der Waals surface area (Å²) in [6.45, 7) is 3.75. The third-order valence-electron chi connectivity index (χ3n) is 4.40. The van der Waals surface area contributed by atoms with Crippen molar-refractivity contribution in [1.82, 2.24) is 4.90 Å². The Balaban J connectivity index is 1.74. The monoisotopic (exact) mass is 379 g/mol. The van der Waals surface area contributed by atoms with Crippen molar-refractivity contribution in [3.63, 3.8) is 0 Å². The molecule has 2 aromatic carbocycles. The molecule has 2 amide bonds. The zero-order valence-corrected chi connectivity index (χ0v) is 15.6. The molecule has 144 valence electrons. The number of hydrogen-bond donors (Lipinski definition) is 0. The SMILES string of the molecule is C/C(=N/N(C=O)c1ccc(C(=O)N2CCOCC2)cc1)C(=O)c1ccccc1. The van der Waals surface area contributed by atoms with Gasteiger partial charge in [0, 0.05) is 24.2 Å². The summed E-state index contributed by atoms with van der Waals surface area (Å²) in [5.74, 6) is -0.335. The molecule has 1 aliphatic heterocycles. The van der Waals surface area contributed by atoms with Crippen LogP contribution in [0.2, 0.25) is 0 Å². The number of amides is 2. The van der Waals surface area contributed by atoms with Crippen LogP contribution in [0.3, 0.4) is 0 Å². The van der Waals surface area contributed by atoms with Gasteiger partial charge in [0.15, 0.2) is 0 Å². The number of ether oxygens (including phenoxy) is 1. The van der Waals surface area contributed by atoms with Gasteiger partial charge < -0.3 is 9.64 Å². The van der Waals surface area contributed by atoms with Gasteiger partial charge in [-0.2, -0.15) is 5.10 Å². The second kappa shape index (κ2) is 9.05. The summed E-state index contributed by atoms with van der Waals surface area (Å²) in [6, 6.07) is 15.3. The summed E-state index contributed by atoms with van der Waals surface area (Å²) >= 11 is 0. The highest BCUT2D eigenvalue weighted by Gasteiger charge is 2.19. The Hall–Kier alpha value is -3.32. The summed E-state index contributed by atoms with van der Waals surface area (Å²) in [5, 5.41) is 5.21. The molecule has 0 atom stereocenters. The van der Waals surface area contributed by atoms with Gasteiger partial charge in [-0.05, 0) is 31.2 Å². The Labute approximate surface area is 163 Å². The van der Waals surface area contributed by atoms with E-state index in [1.807, 2.05) is 6.07 Å². The fourth-order valence-corrected chi connectivity index (χ4v) is 2.85. The Morgan fingerprint density at radius 3 is 2.25 bits per heavy atom. The largest absolute Gasteiger partial charge is 0.378 e. The van der Waals surface area contributed by atoms with Crippen LogP contribution in [0, 0.1) is 0 Å². The van der Waals surface area contributed by atoms with Crippen LogP contribution in [-0.4, -0.2) is 55.0 Å². The highest BCUT2D eigenvalue weighted by molar-refractivity contribution is 6.45. The first-order valence-electron chi connectivity index (χ1n) is 8.96. The number of rotatable bonds is 6. The molecule has 2 aromatic rings. The van der Waals surface area contributed by atoms with Crippen molar-refractivity contribution in [2.75, 3.05) is 31.3 Å². The first kappa shape index (κ1) is 19.4. The number of carbonyl (C=O) groups excluding carboxylic acids is 3. The number of Topliss-reactive ketones (excluding diaryl/α,β-unsaturated/α-hetero) is 1. The van der Waals surface area contributed by atoms with Crippen LogP contribution >= 0.6 is 0 Å². The summed E-state index contributed by atoms with van der Waals surface area (Å²) in [4.78, 5) is 38.1. The van der Waals surface area contributed by atoms with Crippen LogP contribution in [0.15, 0.2) is 59.7 Å². The topological polar surface area (TPSA) is 79.3 Å². The van der Waals surface area contributed by atoms with E-state index in [2.05, 4.69) is 5.10 Å². The number of hydrazone groups is 1. The van der Waals surface area contributed by atoms with Crippen molar-refractivity contribution < 1.29 is 19.1 Å². The molecule has 7 nitrogen and oxygen atoms in total. The average Bonchev–Trinajstić information content (AvgIpc) is 2.77. The first-order valence-corrected chi connectivity index (χ1v) is 8.96. The molecule has 0 spiro atoms. The highest BCUT2D eigenvalue weighted by Crippen LogP contribution is 2.17. The number of ketones is 1. The van der Waals surface area contributed by atoms with Crippen molar-refractivity contribution in [2.24, 2.45) is 5.10 Å². The van der Waals surface area contributed by atoms with Crippen LogP contribution in [0.1, 0.15) is 27.6 Å². The molecule has 0 unspecified atom stereocenters. The number of anilines is 1. The number of benzene rings is 2. The van der Waals surface area contributed by atoms with Gasteiger partial charge >= 0.3 is 0 Å². The van der Waals surface area contributed by atoms with Crippen LogP contribution < -0.4 is 5.01 Å². The molecule has 0 bridgehead atoms. The molecule has 0 aliphatic carbocycles. The Kier molecular flexibility index (Phi) is 6.29. The zero-order chi connectivity index (χ0) is 19.9. The van der Waals surface area contributed by atoms with Gasteiger partial charge in [0.2, 0.25) is 12.2 Å². The third-order valence-corrected chi connectivity index (χ3v) is 4.40. The quantitative estimate of drug-likeness (QED) is 0.334. The fourth-order valence-electron chi connectivity index (χ4n) is 2.85. The molecule has 28 heavy (non-hydrogen) atoms. The van der Waals surface area contributed by atoms with Crippen molar-refractivity contribution in [1.29, 1.82) is 0 Å². The minimum Gasteiger partial charge on any atom is -0.378 e. The summed E-state index contributed by atoms with van der Waals surface area (Å²) in [6.07, 6.45) is 0.528. The number of hydrogen-bond acceptors (Lipinski definition) is 5. The van der Waals surface area contributed by atoms with Crippen LogP contribution in [0.25, 0.3) is 0 Å². The van der Waals surface area contributed by atoms with Crippen molar-refractivity contribution in [3.05, 3.63) is 65.7 Å². The van der Waals surface area contributed by atoms with E-state index >= 15 is 0 Å². The minimum absolute atomic E-state index is 0.0774. The third kappa shape index (κ3) is 4.50. The first-order chi connectivity index (χ1) is 13.6. The van der Waals surface area contributed by atoms with Crippen LogP contribution in [0.4, 0.5) is 5.69 Å². The lowest BCUT2D eigenvalue weighted by Gasteiger charge is -2.27. The minimum atomic E-state index is -0.258. The molecule has 0 saturated carbocycles. The second-order valence-corrected chi connectivity index (χ2v) is 6.28. The summed E-state index contributed by atoms with van der Waals surface area (Å²) in [7, 11) is 0. The lowest BCUT2D eigenvalue weighted by Crippen LogP contribution is -2.40. The number of morpholine rings is 1. The van der Waals surface area contributed by atoms with E-state index in [-0.39, 0.29) is 17.4 Å². The molecule has 3 rings (SSSR count). The smallest absolute Gasteiger partial charge is 0.254 e.